The van der Waals surface area contributed by atoms with Gasteiger partial charge in [-0.1, -0.05) is 13.3 Å². The SMILES string of the molecule is CCCCN1C(=O)C(=O)/C(=C(\O)c2ccc(OC)cc2)C1c1ccc(C)o1. The van der Waals surface area contributed by atoms with Crippen LogP contribution in [0.25, 0.3) is 5.76 Å². The third-order valence-electron chi connectivity index (χ3n) is 4.69. The molecule has 1 aliphatic heterocycles. The lowest BCUT2D eigenvalue weighted by molar-refractivity contribution is -0.140. The van der Waals surface area contributed by atoms with Crippen LogP contribution < -0.4 is 4.74 Å². The maximum absolute atomic E-state index is 12.7. The van der Waals surface area contributed by atoms with Crippen LogP contribution >= 0.6 is 0 Å². The van der Waals surface area contributed by atoms with Crippen molar-refractivity contribution in [3.8, 4) is 5.75 Å². The van der Waals surface area contributed by atoms with Crippen LogP contribution in [0.3, 0.4) is 0 Å². The summed E-state index contributed by atoms with van der Waals surface area (Å²) >= 11 is 0. The molecular formula is C21H23NO5. The molecule has 1 aliphatic rings. The number of unbranched alkanes of at least 4 members (excludes halogenated alkanes) is 1. The topological polar surface area (TPSA) is 80.0 Å². The third kappa shape index (κ3) is 3.47. The number of ketones is 1. The number of aryl methyl sites for hydroxylation is 1. The lowest BCUT2D eigenvalue weighted by atomic mass is 9.99. The standard InChI is InChI=1S/C21H23NO5/c1-4-5-12-22-18(16-11-6-13(2)27-16)17(20(24)21(22)25)19(23)14-7-9-15(26-3)10-8-14/h6-11,18,23H,4-5,12H2,1-3H3/b19-17-. The van der Waals surface area contributed by atoms with E-state index in [0.717, 1.165) is 12.8 Å². The van der Waals surface area contributed by atoms with Gasteiger partial charge in [-0.25, -0.2) is 0 Å². The highest BCUT2D eigenvalue weighted by atomic mass is 16.5. The van der Waals surface area contributed by atoms with Crippen molar-refractivity contribution in [1.29, 1.82) is 0 Å². The zero-order chi connectivity index (χ0) is 19.6. The number of methoxy groups -OCH3 is 1. The van der Waals surface area contributed by atoms with Gasteiger partial charge in [0.15, 0.2) is 0 Å². The van der Waals surface area contributed by atoms with Crippen molar-refractivity contribution in [1.82, 2.24) is 4.90 Å². The van der Waals surface area contributed by atoms with E-state index in [9.17, 15) is 14.7 Å². The molecular weight excluding hydrogens is 346 g/mol. The first-order valence-corrected chi connectivity index (χ1v) is 8.97. The van der Waals surface area contributed by atoms with E-state index in [-0.39, 0.29) is 11.3 Å². The predicted octanol–water partition coefficient (Wildman–Crippen LogP) is 3.82. The van der Waals surface area contributed by atoms with Gasteiger partial charge < -0.3 is 19.2 Å². The fraction of sp³-hybridized carbons (Fsp3) is 0.333. The molecule has 2 aromatic rings. The van der Waals surface area contributed by atoms with Gasteiger partial charge in [0.2, 0.25) is 0 Å². The molecule has 0 aliphatic carbocycles. The summed E-state index contributed by atoms with van der Waals surface area (Å²) < 4.78 is 10.8. The Hall–Kier alpha value is -3.02. The van der Waals surface area contributed by atoms with Crippen molar-refractivity contribution in [3.63, 3.8) is 0 Å². The Morgan fingerprint density at radius 1 is 1.19 bits per heavy atom. The van der Waals surface area contributed by atoms with E-state index in [2.05, 4.69) is 0 Å². The number of rotatable bonds is 6. The number of aliphatic hydroxyl groups excluding tert-OH is 1. The minimum absolute atomic E-state index is 0.0515. The van der Waals surface area contributed by atoms with Crippen molar-refractivity contribution >= 4 is 17.4 Å². The molecule has 0 bridgehead atoms. The predicted molar refractivity (Wildman–Crippen MR) is 100 cm³/mol. The van der Waals surface area contributed by atoms with E-state index in [0.29, 0.717) is 29.4 Å². The summed E-state index contributed by atoms with van der Waals surface area (Å²) in [7, 11) is 1.55. The van der Waals surface area contributed by atoms with Crippen LogP contribution in [0, 0.1) is 6.92 Å². The molecule has 0 saturated carbocycles. The van der Waals surface area contributed by atoms with E-state index >= 15 is 0 Å². The van der Waals surface area contributed by atoms with Crippen LogP contribution in [-0.2, 0) is 9.59 Å². The number of nitrogens with zero attached hydrogens (tertiary/aromatic N) is 1. The Kier molecular flexibility index (Phi) is 5.35. The molecule has 27 heavy (non-hydrogen) atoms. The fourth-order valence-electron chi connectivity index (χ4n) is 3.24. The fourth-order valence-corrected chi connectivity index (χ4v) is 3.24. The highest BCUT2D eigenvalue weighted by Gasteiger charge is 2.47. The van der Waals surface area contributed by atoms with E-state index < -0.39 is 17.7 Å². The summed E-state index contributed by atoms with van der Waals surface area (Å²) in [6, 6.07) is 9.47. The normalized spacial score (nSPS) is 18.9. The Morgan fingerprint density at radius 2 is 1.89 bits per heavy atom. The summed E-state index contributed by atoms with van der Waals surface area (Å²) in [6.07, 6.45) is 1.64. The maximum atomic E-state index is 12.7. The van der Waals surface area contributed by atoms with Crippen LogP contribution in [0.15, 0.2) is 46.4 Å². The molecule has 1 amide bonds. The van der Waals surface area contributed by atoms with Crippen molar-refractivity contribution in [2.45, 2.75) is 32.7 Å². The Bertz CT molecular complexity index is 878. The molecule has 6 heteroatoms. The number of hydrogen-bond donors (Lipinski definition) is 1. The highest BCUT2D eigenvalue weighted by molar-refractivity contribution is 6.46. The molecule has 2 heterocycles. The second-order valence-corrected chi connectivity index (χ2v) is 6.52. The number of furan rings is 1. The van der Waals surface area contributed by atoms with Gasteiger partial charge in [0.05, 0.1) is 12.7 Å². The first-order chi connectivity index (χ1) is 13.0. The first-order valence-electron chi connectivity index (χ1n) is 8.97. The second kappa shape index (κ2) is 7.70. The summed E-state index contributed by atoms with van der Waals surface area (Å²) in [5.41, 5.74) is 0.494. The molecule has 0 spiro atoms. The molecule has 1 aromatic heterocycles. The number of ether oxygens (including phenoxy) is 1. The lowest BCUT2D eigenvalue weighted by Gasteiger charge is -2.23. The number of amides is 1. The second-order valence-electron chi connectivity index (χ2n) is 6.52. The van der Waals surface area contributed by atoms with Gasteiger partial charge in [0.25, 0.3) is 11.7 Å². The van der Waals surface area contributed by atoms with Gasteiger partial charge in [0.1, 0.15) is 29.1 Å². The Balaban J connectivity index is 2.11. The molecule has 1 unspecified atom stereocenters. The molecule has 3 rings (SSSR count). The average molecular weight is 369 g/mol. The van der Waals surface area contributed by atoms with Gasteiger partial charge in [-0.2, -0.15) is 0 Å². The maximum Gasteiger partial charge on any atom is 0.295 e. The smallest absolute Gasteiger partial charge is 0.295 e. The Labute approximate surface area is 158 Å². The molecule has 1 aromatic carbocycles. The van der Waals surface area contributed by atoms with E-state index in [1.807, 2.05) is 6.92 Å². The van der Waals surface area contributed by atoms with Crippen molar-refractivity contribution in [2.24, 2.45) is 0 Å². The number of Topliss-reactive ketones (excluding diaryl/α,β-unsaturated/α-hetero) is 1. The Morgan fingerprint density at radius 3 is 2.44 bits per heavy atom. The van der Waals surface area contributed by atoms with Crippen molar-refractivity contribution in [2.75, 3.05) is 13.7 Å². The van der Waals surface area contributed by atoms with Crippen molar-refractivity contribution < 1.29 is 23.8 Å². The largest absolute Gasteiger partial charge is 0.507 e. The van der Waals surface area contributed by atoms with Crippen LogP contribution in [0.1, 0.15) is 42.9 Å². The van der Waals surface area contributed by atoms with Crippen LogP contribution in [0.5, 0.6) is 5.75 Å². The number of carbonyl (C=O) groups excluding carboxylic acids is 2. The number of aliphatic hydroxyl groups is 1. The highest BCUT2D eigenvalue weighted by Crippen LogP contribution is 2.40. The number of benzene rings is 1. The van der Waals surface area contributed by atoms with Gasteiger partial charge >= 0.3 is 0 Å². The minimum atomic E-state index is -0.729. The zero-order valence-corrected chi connectivity index (χ0v) is 15.7. The molecule has 0 radical (unpaired) electrons. The summed E-state index contributed by atoms with van der Waals surface area (Å²) in [5, 5.41) is 10.9. The van der Waals surface area contributed by atoms with Crippen LogP contribution in [0.2, 0.25) is 0 Å². The number of carbonyl (C=O) groups is 2. The van der Waals surface area contributed by atoms with Crippen LogP contribution in [-0.4, -0.2) is 35.4 Å². The van der Waals surface area contributed by atoms with Gasteiger partial charge in [-0.15, -0.1) is 0 Å². The van der Waals surface area contributed by atoms with E-state index in [4.69, 9.17) is 9.15 Å². The number of hydrogen-bond acceptors (Lipinski definition) is 5. The third-order valence-corrected chi connectivity index (χ3v) is 4.69. The van der Waals surface area contributed by atoms with Gasteiger partial charge in [-0.05, 0) is 49.7 Å². The van der Waals surface area contributed by atoms with Crippen molar-refractivity contribution in [3.05, 3.63) is 59.1 Å². The first kappa shape index (κ1) is 18.8. The molecule has 1 N–H and O–H groups in total. The lowest BCUT2D eigenvalue weighted by Crippen LogP contribution is -2.30. The summed E-state index contributed by atoms with van der Waals surface area (Å²) in [4.78, 5) is 26.8. The van der Waals surface area contributed by atoms with E-state index in [1.165, 1.54) is 4.90 Å². The summed E-state index contributed by atoms with van der Waals surface area (Å²) in [5.74, 6) is 0.256. The quantitative estimate of drug-likeness (QED) is 0.476. The van der Waals surface area contributed by atoms with Gasteiger partial charge in [0, 0.05) is 12.1 Å². The molecule has 1 saturated heterocycles. The van der Waals surface area contributed by atoms with Crippen LogP contribution in [0.4, 0.5) is 0 Å². The average Bonchev–Trinajstić information content (AvgIpc) is 3.21. The number of likely N-dealkylation sites (tertiary alicyclic amines) is 1. The van der Waals surface area contributed by atoms with Gasteiger partial charge in [-0.3, -0.25) is 9.59 Å². The zero-order valence-electron chi connectivity index (χ0n) is 15.7. The minimum Gasteiger partial charge on any atom is -0.507 e. The van der Waals surface area contributed by atoms with E-state index in [1.54, 1.807) is 50.4 Å². The molecule has 1 fully saturated rings. The summed E-state index contributed by atoms with van der Waals surface area (Å²) in [6.45, 7) is 4.23. The monoisotopic (exact) mass is 369 g/mol. The molecule has 1 atom stereocenters. The molecule has 6 nitrogen and oxygen atoms in total. The molecule has 142 valence electrons.